The average Bonchev–Trinajstić information content (AvgIpc) is 2.23. The highest BCUT2D eigenvalue weighted by Gasteiger charge is 2.21. The number of pyridine rings is 1. The zero-order chi connectivity index (χ0) is 9.80. The van der Waals surface area contributed by atoms with Gasteiger partial charge in [0.15, 0.2) is 0 Å². The molecule has 1 aliphatic rings. The van der Waals surface area contributed by atoms with Gasteiger partial charge in [-0.2, -0.15) is 0 Å². The van der Waals surface area contributed by atoms with Crippen LogP contribution in [-0.2, 0) is 6.42 Å². The summed E-state index contributed by atoms with van der Waals surface area (Å²) in [6.45, 7) is 0. The number of rotatable bonds is 2. The van der Waals surface area contributed by atoms with Gasteiger partial charge in [-0.05, 0) is 42.9 Å². The first-order valence-corrected chi connectivity index (χ1v) is 5.51. The molecule has 1 fully saturated rings. The normalized spacial score (nSPS) is 27.5. The van der Waals surface area contributed by atoms with Crippen molar-refractivity contribution >= 4 is 0 Å². The van der Waals surface area contributed by atoms with Crippen LogP contribution >= 0.6 is 0 Å². The van der Waals surface area contributed by atoms with E-state index < -0.39 is 0 Å². The highest BCUT2D eigenvalue weighted by Crippen LogP contribution is 2.25. The predicted octanol–water partition coefficient (Wildman–Crippen LogP) is 2.14. The Morgan fingerprint density at radius 2 is 1.93 bits per heavy atom. The Balaban J connectivity index is 1.96. The quantitative estimate of drug-likeness (QED) is 0.776. The van der Waals surface area contributed by atoms with Crippen LogP contribution in [0.3, 0.4) is 0 Å². The number of nitrogens with two attached hydrogens (primary N) is 1. The second-order valence-corrected chi connectivity index (χ2v) is 4.27. The summed E-state index contributed by atoms with van der Waals surface area (Å²) in [6.07, 6.45) is 10.0. The van der Waals surface area contributed by atoms with Crippen molar-refractivity contribution in [3.63, 3.8) is 0 Å². The average molecular weight is 190 g/mol. The fraction of sp³-hybridized carbons (Fsp3) is 0.583. The fourth-order valence-electron chi connectivity index (χ4n) is 2.31. The highest BCUT2D eigenvalue weighted by atomic mass is 14.7. The molecule has 1 aromatic heterocycles. The Hall–Kier alpha value is -0.890. The second-order valence-electron chi connectivity index (χ2n) is 4.27. The molecule has 2 N–H and O–H groups in total. The maximum Gasteiger partial charge on any atom is 0.0270 e. The first-order valence-electron chi connectivity index (χ1n) is 5.51. The van der Waals surface area contributed by atoms with Crippen molar-refractivity contribution in [3.8, 4) is 0 Å². The zero-order valence-corrected chi connectivity index (χ0v) is 8.52. The molecule has 0 spiro atoms. The third-order valence-electron chi connectivity index (χ3n) is 3.22. The molecule has 76 valence electrons. The van der Waals surface area contributed by atoms with Gasteiger partial charge in [-0.3, -0.25) is 4.98 Å². The van der Waals surface area contributed by atoms with Gasteiger partial charge in [-0.15, -0.1) is 0 Å². The first kappa shape index (κ1) is 9.66. The lowest BCUT2D eigenvalue weighted by atomic mass is 9.81. The van der Waals surface area contributed by atoms with Crippen molar-refractivity contribution in [2.45, 2.75) is 38.1 Å². The molecule has 0 aliphatic heterocycles. The molecule has 1 aromatic rings. The summed E-state index contributed by atoms with van der Waals surface area (Å²) in [5, 5.41) is 0. The fourth-order valence-corrected chi connectivity index (χ4v) is 2.31. The van der Waals surface area contributed by atoms with E-state index in [0.717, 1.165) is 6.42 Å². The molecule has 1 aliphatic carbocycles. The molecule has 2 atom stereocenters. The van der Waals surface area contributed by atoms with Gasteiger partial charge in [-0.1, -0.05) is 12.8 Å². The van der Waals surface area contributed by atoms with E-state index >= 15 is 0 Å². The van der Waals surface area contributed by atoms with Crippen molar-refractivity contribution < 1.29 is 0 Å². The van der Waals surface area contributed by atoms with Crippen molar-refractivity contribution in [1.29, 1.82) is 0 Å². The molecule has 0 radical (unpaired) electrons. The molecule has 1 heterocycles. The maximum absolute atomic E-state index is 6.11. The van der Waals surface area contributed by atoms with E-state index in [-0.39, 0.29) is 0 Å². The monoisotopic (exact) mass is 190 g/mol. The molecule has 0 saturated heterocycles. The minimum absolute atomic E-state index is 0.414. The molecule has 2 unspecified atom stereocenters. The van der Waals surface area contributed by atoms with Crippen molar-refractivity contribution in [2.75, 3.05) is 0 Å². The van der Waals surface area contributed by atoms with Gasteiger partial charge in [0, 0.05) is 18.4 Å². The standard InChI is InChI=1S/C12H18N2/c13-12-4-2-1-3-11(12)9-10-5-7-14-8-6-10/h5-8,11-12H,1-4,9,13H2. The number of nitrogens with zero attached hydrogens (tertiary/aromatic N) is 1. The minimum atomic E-state index is 0.414. The number of hydrogen-bond acceptors (Lipinski definition) is 2. The van der Waals surface area contributed by atoms with E-state index in [1.807, 2.05) is 12.4 Å². The third-order valence-corrected chi connectivity index (χ3v) is 3.22. The van der Waals surface area contributed by atoms with Crippen LogP contribution in [0.25, 0.3) is 0 Å². The largest absolute Gasteiger partial charge is 0.327 e. The molecule has 2 heteroatoms. The van der Waals surface area contributed by atoms with Crippen molar-refractivity contribution in [3.05, 3.63) is 30.1 Å². The number of hydrogen-bond donors (Lipinski definition) is 1. The molecule has 1 saturated carbocycles. The highest BCUT2D eigenvalue weighted by molar-refractivity contribution is 5.11. The Morgan fingerprint density at radius 3 is 2.64 bits per heavy atom. The Morgan fingerprint density at radius 1 is 1.21 bits per heavy atom. The summed E-state index contributed by atoms with van der Waals surface area (Å²) in [5.41, 5.74) is 7.49. The van der Waals surface area contributed by atoms with E-state index in [9.17, 15) is 0 Å². The summed E-state index contributed by atoms with van der Waals surface area (Å²) in [7, 11) is 0. The lowest BCUT2D eigenvalue weighted by molar-refractivity contribution is 0.306. The summed E-state index contributed by atoms with van der Waals surface area (Å²) >= 11 is 0. The van der Waals surface area contributed by atoms with Crippen LogP contribution < -0.4 is 5.73 Å². The summed E-state index contributed by atoms with van der Waals surface area (Å²) in [5.74, 6) is 0.686. The van der Waals surface area contributed by atoms with E-state index in [0.29, 0.717) is 12.0 Å². The molecule has 2 rings (SSSR count). The Labute approximate surface area is 85.5 Å². The number of aromatic nitrogens is 1. The van der Waals surface area contributed by atoms with Crippen LogP contribution in [-0.4, -0.2) is 11.0 Å². The predicted molar refractivity (Wildman–Crippen MR) is 57.9 cm³/mol. The second kappa shape index (κ2) is 4.56. The van der Waals surface area contributed by atoms with Gasteiger partial charge in [0.25, 0.3) is 0 Å². The molecule has 14 heavy (non-hydrogen) atoms. The van der Waals surface area contributed by atoms with Crippen molar-refractivity contribution in [2.24, 2.45) is 11.7 Å². The van der Waals surface area contributed by atoms with Gasteiger partial charge in [0.1, 0.15) is 0 Å². The van der Waals surface area contributed by atoms with Crippen LogP contribution in [0.15, 0.2) is 24.5 Å². The summed E-state index contributed by atoms with van der Waals surface area (Å²) in [6, 6.07) is 4.61. The SMILES string of the molecule is NC1CCCCC1Cc1ccncc1. The molecule has 0 amide bonds. The van der Waals surface area contributed by atoms with Crippen LogP contribution in [0.2, 0.25) is 0 Å². The van der Waals surface area contributed by atoms with Crippen LogP contribution in [0, 0.1) is 5.92 Å². The zero-order valence-electron chi connectivity index (χ0n) is 8.52. The third kappa shape index (κ3) is 2.32. The van der Waals surface area contributed by atoms with E-state index in [4.69, 9.17) is 5.73 Å². The topological polar surface area (TPSA) is 38.9 Å². The molecule has 0 aromatic carbocycles. The molecule has 0 bridgehead atoms. The van der Waals surface area contributed by atoms with Gasteiger partial charge in [0.2, 0.25) is 0 Å². The van der Waals surface area contributed by atoms with E-state index in [2.05, 4.69) is 17.1 Å². The van der Waals surface area contributed by atoms with Gasteiger partial charge >= 0.3 is 0 Å². The van der Waals surface area contributed by atoms with Gasteiger partial charge in [0.05, 0.1) is 0 Å². The Bertz CT molecular complexity index is 271. The maximum atomic E-state index is 6.11. The molecule has 2 nitrogen and oxygen atoms in total. The lowest BCUT2D eigenvalue weighted by Gasteiger charge is -2.28. The lowest BCUT2D eigenvalue weighted by Crippen LogP contribution is -2.34. The van der Waals surface area contributed by atoms with E-state index in [1.54, 1.807) is 0 Å². The molecular formula is C12H18N2. The molecular weight excluding hydrogens is 172 g/mol. The minimum Gasteiger partial charge on any atom is -0.327 e. The van der Waals surface area contributed by atoms with Crippen LogP contribution in [0.5, 0.6) is 0 Å². The van der Waals surface area contributed by atoms with E-state index in [1.165, 1.54) is 31.2 Å². The van der Waals surface area contributed by atoms with Crippen LogP contribution in [0.4, 0.5) is 0 Å². The van der Waals surface area contributed by atoms with Gasteiger partial charge < -0.3 is 5.73 Å². The van der Waals surface area contributed by atoms with Crippen LogP contribution in [0.1, 0.15) is 31.2 Å². The smallest absolute Gasteiger partial charge is 0.0270 e. The Kier molecular flexibility index (Phi) is 3.14. The summed E-state index contributed by atoms with van der Waals surface area (Å²) < 4.78 is 0. The van der Waals surface area contributed by atoms with Crippen molar-refractivity contribution in [1.82, 2.24) is 4.98 Å². The first-order chi connectivity index (χ1) is 6.86. The van der Waals surface area contributed by atoms with Gasteiger partial charge in [-0.25, -0.2) is 0 Å². The summed E-state index contributed by atoms with van der Waals surface area (Å²) in [4.78, 5) is 4.03.